The van der Waals surface area contributed by atoms with E-state index in [1.165, 1.54) is 5.57 Å². The van der Waals surface area contributed by atoms with E-state index < -0.39 is 28.4 Å². The van der Waals surface area contributed by atoms with Crippen LogP contribution in [0, 0.1) is 50.7 Å². The van der Waals surface area contributed by atoms with E-state index >= 15 is 0 Å². The van der Waals surface area contributed by atoms with Crippen LogP contribution in [-0.2, 0) is 24.7 Å². The number of carbonyl (C=O) groups excluding carboxylic acids is 3. The van der Waals surface area contributed by atoms with Gasteiger partial charge in [-0.2, -0.15) is 0 Å². The third-order valence-corrected chi connectivity index (χ3v) is 15.9. The van der Waals surface area contributed by atoms with E-state index in [4.69, 9.17) is 4.74 Å². The number of hydrogen-bond acceptors (Lipinski definition) is 6. The number of esters is 1. The summed E-state index contributed by atoms with van der Waals surface area (Å²) < 4.78 is 6.16. The maximum atomic E-state index is 14.0. The molecule has 9 nitrogen and oxygen atoms in total. The number of urea groups is 1. The third kappa shape index (κ3) is 6.14. The normalized spacial score (nSPS) is 36.5. The predicted octanol–water partition coefficient (Wildman–Crippen LogP) is 8.76. The summed E-state index contributed by atoms with van der Waals surface area (Å²) in [5, 5.41) is 16.2. The number of fused-ring (bicyclic) bond motifs is 7. The highest BCUT2D eigenvalue weighted by Gasteiger charge is 2.70. The van der Waals surface area contributed by atoms with Gasteiger partial charge in [0.05, 0.1) is 28.6 Å². The Balaban J connectivity index is 1.28. The molecule has 9 heteroatoms. The number of ether oxygens (including phenoxy) is 1. The van der Waals surface area contributed by atoms with Crippen molar-refractivity contribution in [2.75, 3.05) is 0 Å². The monoisotopic (exact) mass is 731 g/mol. The molecule has 0 saturated heterocycles. The number of aromatic nitrogens is 1. The van der Waals surface area contributed by atoms with Gasteiger partial charge in [-0.15, -0.1) is 0 Å². The summed E-state index contributed by atoms with van der Waals surface area (Å²) in [6.07, 6.45) is 9.14. The summed E-state index contributed by atoms with van der Waals surface area (Å²) in [4.78, 5) is 57.3. The Labute approximate surface area is 317 Å². The molecule has 6 rings (SSSR count). The fourth-order valence-electron chi connectivity index (χ4n) is 12.9. The first-order valence-electron chi connectivity index (χ1n) is 20.2. The molecule has 4 saturated carbocycles. The van der Waals surface area contributed by atoms with Crippen molar-refractivity contribution in [2.45, 2.75) is 158 Å². The molecule has 1 aromatic rings. The molecule has 1 heterocycles. The van der Waals surface area contributed by atoms with E-state index in [0.717, 1.165) is 62.6 Å². The van der Waals surface area contributed by atoms with E-state index in [-0.39, 0.29) is 57.8 Å². The average Bonchev–Trinajstić information content (AvgIpc) is 3.34. The second-order valence-corrected chi connectivity index (χ2v) is 20.4. The number of carboxylic acid groups (broad SMARTS) is 1. The lowest BCUT2D eigenvalue weighted by atomic mass is 9.33. The number of pyridine rings is 1. The first kappa shape index (κ1) is 39.5. The SMILES string of the molecule is CC(C)C1=C2[C@H]3CC[C@@H]4[C@@]5(C)CC[C@H](OC(=O)CC(C)(C)C(=O)O)C(C)(C)[C@@H]5CC[C@@]4(C)[C@]3(C)CC[C@@]2(NC(=O)NC(C)(C)c2ccccn2)CC1=O. The molecule has 0 bridgehead atoms. The zero-order valence-corrected chi connectivity index (χ0v) is 34.2. The van der Waals surface area contributed by atoms with Crippen LogP contribution in [0.25, 0.3) is 0 Å². The third-order valence-electron chi connectivity index (χ3n) is 15.9. The largest absolute Gasteiger partial charge is 0.481 e. The average molecular weight is 732 g/mol. The molecular weight excluding hydrogens is 666 g/mol. The molecule has 5 aliphatic rings. The molecule has 0 spiro atoms. The van der Waals surface area contributed by atoms with Crippen molar-refractivity contribution in [3.63, 3.8) is 0 Å². The zero-order chi connectivity index (χ0) is 39.2. The summed E-state index contributed by atoms with van der Waals surface area (Å²) in [7, 11) is 0. The van der Waals surface area contributed by atoms with Gasteiger partial charge in [0.1, 0.15) is 6.10 Å². The van der Waals surface area contributed by atoms with E-state index in [2.05, 4.69) is 64.1 Å². The van der Waals surface area contributed by atoms with Gasteiger partial charge in [-0.1, -0.05) is 54.5 Å². The Hall–Kier alpha value is -3.23. The standard InChI is InChI=1S/C44H65N3O6/c1-26(2)34-28(48)24-44(47-37(52)46-40(7,8)31-14-12-13-23-45-31)22-21-42(10)27(35(34)44)15-16-30-41(9)19-18-32(53-33(49)25-38(3,4)36(50)51)39(5,6)29(41)17-20-43(30,42)11/h12-14,23,26-27,29-30,32H,15-22,24-25H2,1-11H3,(H,50,51)(H2,46,47,52)/t27-,29+,30-,32+,41+,42-,43-,44-/m1/s1. The molecule has 8 atom stereocenters. The Bertz CT molecular complexity index is 1700. The van der Waals surface area contributed by atoms with Crippen LogP contribution in [0.15, 0.2) is 35.5 Å². The first-order chi connectivity index (χ1) is 24.5. The van der Waals surface area contributed by atoms with Gasteiger partial charge in [-0.3, -0.25) is 19.4 Å². The Morgan fingerprint density at radius 1 is 0.925 bits per heavy atom. The molecule has 0 aliphatic heterocycles. The Morgan fingerprint density at radius 3 is 2.25 bits per heavy atom. The zero-order valence-electron chi connectivity index (χ0n) is 34.2. The molecule has 2 amide bonds. The molecule has 3 N–H and O–H groups in total. The van der Waals surface area contributed by atoms with Gasteiger partial charge < -0.3 is 20.5 Å². The molecular formula is C44H65N3O6. The number of carboxylic acids is 1. The van der Waals surface area contributed by atoms with Gasteiger partial charge in [0.25, 0.3) is 0 Å². The topological polar surface area (TPSA) is 135 Å². The number of Topliss-reactive ketones (excluding diaryl/α,β-unsaturated/α-hetero) is 1. The van der Waals surface area contributed by atoms with Crippen LogP contribution >= 0.6 is 0 Å². The quantitative estimate of drug-likeness (QED) is 0.228. The van der Waals surface area contributed by atoms with E-state index in [1.54, 1.807) is 20.0 Å². The van der Waals surface area contributed by atoms with Crippen LogP contribution in [0.1, 0.15) is 146 Å². The summed E-state index contributed by atoms with van der Waals surface area (Å²) >= 11 is 0. The van der Waals surface area contributed by atoms with Gasteiger partial charge in [-0.25, -0.2) is 4.79 Å². The van der Waals surface area contributed by atoms with Gasteiger partial charge in [0.2, 0.25) is 0 Å². The lowest BCUT2D eigenvalue weighted by molar-refractivity contribution is -0.232. The minimum absolute atomic E-state index is 0.0163. The highest BCUT2D eigenvalue weighted by Crippen LogP contribution is 2.76. The highest BCUT2D eigenvalue weighted by atomic mass is 16.5. The molecule has 0 unspecified atom stereocenters. The molecule has 1 aromatic heterocycles. The molecule has 0 radical (unpaired) electrons. The number of nitrogens with zero attached hydrogens (tertiary/aromatic N) is 1. The maximum Gasteiger partial charge on any atom is 0.316 e. The van der Waals surface area contributed by atoms with Crippen LogP contribution in [0.5, 0.6) is 0 Å². The van der Waals surface area contributed by atoms with Crippen molar-refractivity contribution in [3.05, 3.63) is 41.2 Å². The second kappa shape index (κ2) is 12.9. The summed E-state index contributed by atoms with van der Waals surface area (Å²) in [6, 6.07) is 5.45. The molecule has 0 aromatic carbocycles. The maximum absolute atomic E-state index is 14.0. The van der Waals surface area contributed by atoms with Crippen molar-refractivity contribution in [1.29, 1.82) is 0 Å². The van der Waals surface area contributed by atoms with Crippen molar-refractivity contribution in [2.24, 2.45) is 50.7 Å². The second-order valence-electron chi connectivity index (χ2n) is 20.4. The minimum atomic E-state index is -1.17. The fraction of sp³-hybridized carbons (Fsp3) is 0.750. The summed E-state index contributed by atoms with van der Waals surface area (Å²) in [5.74, 6) is -0.193. The van der Waals surface area contributed by atoms with Gasteiger partial charge in [0.15, 0.2) is 5.78 Å². The molecule has 292 valence electrons. The van der Waals surface area contributed by atoms with E-state index in [1.807, 2.05) is 32.0 Å². The van der Waals surface area contributed by atoms with E-state index in [9.17, 15) is 24.3 Å². The number of hydrogen-bond donors (Lipinski definition) is 3. The molecule has 53 heavy (non-hydrogen) atoms. The van der Waals surface area contributed by atoms with Crippen LogP contribution in [-0.4, -0.2) is 45.5 Å². The van der Waals surface area contributed by atoms with Crippen LogP contribution in [0.4, 0.5) is 4.79 Å². The van der Waals surface area contributed by atoms with Crippen LogP contribution in [0.2, 0.25) is 0 Å². The van der Waals surface area contributed by atoms with Gasteiger partial charge in [-0.05, 0) is 142 Å². The molecule has 4 fully saturated rings. The number of carbonyl (C=O) groups is 4. The van der Waals surface area contributed by atoms with Crippen molar-refractivity contribution >= 4 is 23.8 Å². The number of nitrogens with one attached hydrogen (secondary N) is 2. The summed E-state index contributed by atoms with van der Waals surface area (Å²) in [6.45, 7) is 23.4. The number of amides is 2. The lowest BCUT2D eigenvalue weighted by Crippen LogP contribution is -2.67. The van der Waals surface area contributed by atoms with Crippen LogP contribution < -0.4 is 10.6 Å². The predicted molar refractivity (Wildman–Crippen MR) is 205 cm³/mol. The van der Waals surface area contributed by atoms with Crippen LogP contribution in [0.3, 0.4) is 0 Å². The Kier molecular flexibility index (Phi) is 9.63. The number of aliphatic carboxylic acids is 1. The lowest BCUT2D eigenvalue weighted by Gasteiger charge is -2.72. The number of ketones is 1. The fourth-order valence-corrected chi connectivity index (χ4v) is 12.9. The number of allylic oxidation sites excluding steroid dienone is 1. The first-order valence-corrected chi connectivity index (χ1v) is 20.2. The molecule has 5 aliphatic carbocycles. The minimum Gasteiger partial charge on any atom is -0.481 e. The van der Waals surface area contributed by atoms with Crippen molar-refractivity contribution in [1.82, 2.24) is 15.6 Å². The van der Waals surface area contributed by atoms with Crippen molar-refractivity contribution < 1.29 is 29.0 Å². The number of rotatable bonds is 8. The van der Waals surface area contributed by atoms with E-state index in [0.29, 0.717) is 18.3 Å². The smallest absolute Gasteiger partial charge is 0.316 e. The summed E-state index contributed by atoms with van der Waals surface area (Å²) in [5.41, 5.74) is 0.0706. The van der Waals surface area contributed by atoms with Crippen molar-refractivity contribution in [3.8, 4) is 0 Å². The Morgan fingerprint density at radius 2 is 1.62 bits per heavy atom. The van der Waals surface area contributed by atoms with Gasteiger partial charge in [0, 0.05) is 18.0 Å². The highest BCUT2D eigenvalue weighted by molar-refractivity contribution is 6.02. The van der Waals surface area contributed by atoms with Gasteiger partial charge >= 0.3 is 18.0 Å².